The Kier molecular flexibility index (Phi) is 4.87. The van der Waals surface area contributed by atoms with Crippen LogP contribution in [0, 0.1) is 5.92 Å². The number of fused-ring (bicyclic) bond motifs is 1. The SMILES string of the molecule is CCOC(=O)[C@@]1(NC(=O)OC(C)(C)C)C[C@@H]2ON=C(CC)[C@@H]2C1. The normalized spacial score (nSPS) is 29.3. The van der Waals surface area contributed by atoms with Gasteiger partial charge in [0.25, 0.3) is 0 Å². The van der Waals surface area contributed by atoms with E-state index in [0.29, 0.717) is 12.8 Å². The zero-order chi connectivity index (χ0) is 17.3. The summed E-state index contributed by atoms with van der Waals surface area (Å²) in [5.74, 6) is -0.418. The first-order chi connectivity index (χ1) is 10.7. The molecule has 0 saturated heterocycles. The van der Waals surface area contributed by atoms with Crippen molar-refractivity contribution >= 4 is 17.8 Å². The number of hydrogen-bond donors (Lipinski definition) is 1. The van der Waals surface area contributed by atoms with Gasteiger partial charge in [-0.25, -0.2) is 9.59 Å². The second kappa shape index (κ2) is 6.37. The van der Waals surface area contributed by atoms with E-state index in [1.165, 1.54) is 0 Å². The van der Waals surface area contributed by atoms with Crippen LogP contribution in [0.5, 0.6) is 0 Å². The van der Waals surface area contributed by atoms with Crippen LogP contribution in [0.15, 0.2) is 5.16 Å². The summed E-state index contributed by atoms with van der Waals surface area (Å²) in [4.78, 5) is 30.1. The third kappa shape index (κ3) is 3.76. The fourth-order valence-corrected chi connectivity index (χ4v) is 3.14. The number of hydrogen-bond acceptors (Lipinski definition) is 6. The highest BCUT2D eigenvalue weighted by Crippen LogP contribution is 2.42. The van der Waals surface area contributed by atoms with E-state index in [4.69, 9.17) is 14.3 Å². The van der Waals surface area contributed by atoms with E-state index in [1.54, 1.807) is 27.7 Å². The lowest BCUT2D eigenvalue weighted by Crippen LogP contribution is -2.55. The van der Waals surface area contributed by atoms with Crippen molar-refractivity contribution in [2.24, 2.45) is 11.1 Å². The maximum Gasteiger partial charge on any atom is 0.408 e. The molecule has 23 heavy (non-hydrogen) atoms. The Bertz CT molecular complexity index is 511. The molecule has 130 valence electrons. The van der Waals surface area contributed by atoms with Gasteiger partial charge in [-0.2, -0.15) is 0 Å². The Morgan fingerprint density at radius 2 is 2.04 bits per heavy atom. The Labute approximate surface area is 136 Å². The number of ether oxygens (including phenoxy) is 2. The van der Waals surface area contributed by atoms with Gasteiger partial charge in [0.05, 0.1) is 12.3 Å². The van der Waals surface area contributed by atoms with Crippen LogP contribution < -0.4 is 5.32 Å². The molecule has 0 aromatic carbocycles. The van der Waals surface area contributed by atoms with E-state index in [0.717, 1.165) is 12.1 Å². The third-order valence-corrected chi connectivity index (χ3v) is 4.07. The Morgan fingerprint density at radius 1 is 1.35 bits per heavy atom. The van der Waals surface area contributed by atoms with Crippen LogP contribution in [0.4, 0.5) is 4.79 Å². The standard InChI is InChI=1S/C16H26N2O5/c1-6-11-10-8-16(13(19)21-7-2,9-12(10)23-18-11)17-14(20)22-15(3,4)5/h10,12H,6-9H2,1-5H3,(H,17,20)/t10-,12-,16-/m0/s1. The first-order valence-corrected chi connectivity index (χ1v) is 8.11. The molecule has 0 unspecified atom stereocenters. The first-order valence-electron chi connectivity index (χ1n) is 8.11. The summed E-state index contributed by atoms with van der Waals surface area (Å²) in [5.41, 5.74) is -0.836. The number of esters is 1. The van der Waals surface area contributed by atoms with Gasteiger partial charge in [-0.05, 0) is 40.5 Å². The molecule has 1 N–H and O–H groups in total. The molecule has 0 radical (unpaired) electrons. The van der Waals surface area contributed by atoms with Gasteiger partial charge in [-0.1, -0.05) is 12.1 Å². The highest BCUT2D eigenvalue weighted by Gasteiger charge is 2.57. The minimum Gasteiger partial charge on any atom is -0.464 e. The van der Waals surface area contributed by atoms with Crippen molar-refractivity contribution in [2.45, 2.75) is 71.1 Å². The van der Waals surface area contributed by atoms with Crippen LogP contribution in [0.1, 0.15) is 53.9 Å². The zero-order valence-electron chi connectivity index (χ0n) is 14.5. The predicted octanol–water partition coefficient (Wildman–Crippen LogP) is 2.39. The minimum absolute atomic E-state index is 0.0272. The summed E-state index contributed by atoms with van der Waals surface area (Å²) >= 11 is 0. The number of carbonyl (C=O) groups excluding carboxylic acids is 2. The van der Waals surface area contributed by atoms with Crippen molar-refractivity contribution in [2.75, 3.05) is 6.61 Å². The molecular weight excluding hydrogens is 300 g/mol. The Balaban J connectivity index is 2.17. The molecule has 0 spiro atoms. The topological polar surface area (TPSA) is 86.2 Å². The Hall–Kier alpha value is -1.79. The monoisotopic (exact) mass is 326 g/mol. The number of amides is 1. The lowest BCUT2D eigenvalue weighted by molar-refractivity contribution is -0.151. The third-order valence-electron chi connectivity index (χ3n) is 4.07. The maximum atomic E-state index is 12.5. The summed E-state index contributed by atoms with van der Waals surface area (Å²) in [6, 6.07) is 0. The van der Waals surface area contributed by atoms with Crippen LogP contribution in [-0.4, -0.2) is 41.6 Å². The fraction of sp³-hybridized carbons (Fsp3) is 0.812. The molecule has 7 heteroatoms. The van der Waals surface area contributed by atoms with Gasteiger partial charge in [0.1, 0.15) is 17.2 Å². The van der Waals surface area contributed by atoms with E-state index >= 15 is 0 Å². The average Bonchev–Trinajstić information content (AvgIpc) is 2.94. The van der Waals surface area contributed by atoms with Crippen LogP contribution in [-0.2, 0) is 19.1 Å². The minimum atomic E-state index is -1.12. The lowest BCUT2D eigenvalue weighted by Gasteiger charge is -2.30. The number of alkyl carbamates (subject to hydrolysis) is 1. The Morgan fingerprint density at radius 3 is 2.61 bits per heavy atom. The summed E-state index contributed by atoms with van der Waals surface area (Å²) in [7, 11) is 0. The highest BCUT2D eigenvalue weighted by molar-refractivity contribution is 5.92. The molecule has 1 amide bonds. The van der Waals surface area contributed by atoms with E-state index < -0.39 is 23.2 Å². The van der Waals surface area contributed by atoms with Gasteiger partial charge in [-0.3, -0.25) is 0 Å². The first kappa shape index (κ1) is 17.6. The van der Waals surface area contributed by atoms with Crippen LogP contribution >= 0.6 is 0 Å². The molecule has 2 aliphatic rings. The molecule has 0 aromatic heterocycles. The molecular formula is C16H26N2O5. The van der Waals surface area contributed by atoms with Gasteiger partial charge < -0.3 is 19.6 Å². The molecule has 7 nitrogen and oxygen atoms in total. The summed E-state index contributed by atoms with van der Waals surface area (Å²) < 4.78 is 10.5. The number of rotatable bonds is 4. The van der Waals surface area contributed by atoms with Gasteiger partial charge >= 0.3 is 12.1 Å². The second-order valence-corrected chi connectivity index (χ2v) is 7.02. The smallest absolute Gasteiger partial charge is 0.408 e. The zero-order valence-corrected chi connectivity index (χ0v) is 14.5. The molecule has 1 aliphatic carbocycles. The number of nitrogens with zero attached hydrogens (tertiary/aromatic N) is 1. The molecule has 0 bridgehead atoms. The molecule has 3 atom stereocenters. The average molecular weight is 326 g/mol. The van der Waals surface area contributed by atoms with Crippen LogP contribution in [0.3, 0.4) is 0 Å². The number of carbonyl (C=O) groups is 2. The van der Waals surface area contributed by atoms with Crippen molar-refractivity contribution in [3.63, 3.8) is 0 Å². The lowest BCUT2D eigenvalue weighted by atomic mass is 9.93. The van der Waals surface area contributed by atoms with Crippen molar-refractivity contribution < 1.29 is 23.9 Å². The van der Waals surface area contributed by atoms with Crippen LogP contribution in [0.25, 0.3) is 0 Å². The second-order valence-electron chi connectivity index (χ2n) is 7.02. The van der Waals surface area contributed by atoms with Gasteiger partial charge in [0.15, 0.2) is 0 Å². The van der Waals surface area contributed by atoms with Gasteiger partial charge in [-0.15, -0.1) is 0 Å². The van der Waals surface area contributed by atoms with E-state index in [1.807, 2.05) is 6.92 Å². The van der Waals surface area contributed by atoms with Gasteiger partial charge in [0.2, 0.25) is 0 Å². The predicted molar refractivity (Wildman–Crippen MR) is 84.1 cm³/mol. The quantitative estimate of drug-likeness (QED) is 0.802. The molecule has 0 aromatic rings. The molecule has 1 heterocycles. The summed E-state index contributed by atoms with van der Waals surface area (Å²) in [6.45, 7) is 9.32. The van der Waals surface area contributed by atoms with Crippen molar-refractivity contribution in [1.82, 2.24) is 5.32 Å². The van der Waals surface area contributed by atoms with Gasteiger partial charge in [0, 0.05) is 12.3 Å². The van der Waals surface area contributed by atoms with Crippen molar-refractivity contribution in [3.05, 3.63) is 0 Å². The maximum absolute atomic E-state index is 12.5. The van der Waals surface area contributed by atoms with E-state index in [2.05, 4.69) is 10.5 Å². The van der Waals surface area contributed by atoms with Crippen molar-refractivity contribution in [3.8, 4) is 0 Å². The van der Waals surface area contributed by atoms with Crippen LogP contribution in [0.2, 0.25) is 0 Å². The molecule has 2 rings (SSSR count). The fourth-order valence-electron chi connectivity index (χ4n) is 3.14. The molecule has 1 aliphatic heterocycles. The van der Waals surface area contributed by atoms with Crippen molar-refractivity contribution in [1.29, 1.82) is 0 Å². The molecule has 1 saturated carbocycles. The highest BCUT2D eigenvalue weighted by atomic mass is 16.6. The summed E-state index contributed by atoms with van der Waals surface area (Å²) in [5, 5.41) is 6.80. The number of nitrogens with one attached hydrogen (secondary N) is 1. The van der Waals surface area contributed by atoms with E-state index in [-0.39, 0.29) is 18.6 Å². The summed E-state index contributed by atoms with van der Waals surface area (Å²) in [6.07, 6.45) is 0.683. The number of oxime groups is 1. The largest absolute Gasteiger partial charge is 0.464 e. The molecule has 1 fully saturated rings. The van der Waals surface area contributed by atoms with E-state index in [9.17, 15) is 9.59 Å².